The summed E-state index contributed by atoms with van der Waals surface area (Å²) >= 11 is 0. The summed E-state index contributed by atoms with van der Waals surface area (Å²) in [5.74, 6) is -3.46. The van der Waals surface area contributed by atoms with E-state index in [-0.39, 0.29) is 25.2 Å². The number of aliphatic hydroxyl groups is 5. The summed E-state index contributed by atoms with van der Waals surface area (Å²) in [4.78, 5) is 18.0. The van der Waals surface area contributed by atoms with E-state index in [4.69, 9.17) is 28.4 Å². The highest BCUT2D eigenvalue weighted by atomic mass is 32.2. The van der Waals surface area contributed by atoms with Crippen LogP contribution in [0.3, 0.4) is 0 Å². The lowest BCUT2D eigenvalue weighted by Crippen LogP contribution is -2.62. The summed E-state index contributed by atoms with van der Waals surface area (Å²) in [6.45, 7) is 17.2. The molecule has 23 heteroatoms. The molecule has 0 amide bonds. The number of rotatable bonds is 15. The van der Waals surface area contributed by atoms with Crippen molar-refractivity contribution in [3.05, 3.63) is 41.7 Å². The summed E-state index contributed by atoms with van der Waals surface area (Å²) in [6, 6.07) is 2.51. The third kappa shape index (κ3) is 14.3. The molecule has 0 aliphatic carbocycles. The van der Waals surface area contributed by atoms with Gasteiger partial charge in [0.15, 0.2) is 17.1 Å². The van der Waals surface area contributed by atoms with Crippen molar-refractivity contribution in [1.29, 1.82) is 0 Å². The van der Waals surface area contributed by atoms with Gasteiger partial charge in [0, 0.05) is 69.2 Å². The molecule has 3 aliphatic heterocycles. The zero-order chi connectivity index (χ0) is 56.3. The number of hydrogen-bond donors (Lipinski definition) is 5. The molecule has 5 rings (SSSR count). The lowest BCUT2D eigenvalue weighted by Gasteiger charge is -2.51. The Morgan fingerprint density at radius 1 is 0.987 bits per heavy atom. The predicted octanol–water partition coefficient (Wildman–Crippen LogP) is 4.90. The predicted molar refractivity (Wildman–Crippen MR) is 269 cm³/mol. The first-order valence-corrected chi connectivity index (χ1v) is 27.2. The number of halogens is 4. The van der Waals surface area contributed by atoms with Gasteiger partial charge in [0.1, 0.15) is 48.8 Å². The van der Waals surface area contributed by atoms with Gasteiger partial charge in [0.05, 0.1) is 47.2 Å². The minimum Gasteiger partial charge on any atom is -0.459 e. The topological polar surface area (TPSA) is 228 Å². The molecule has 0 saturated carbocycles. The Labute approximate surface area is 442 Å². The number of methoxy groups -OCH3 is 2. The molecule has 0 bridgehead atoms. The number of carbonyl (C=O) groups is 1. The zero-order valence-corrected chi connectivity index (χ0v) is 46.8. The lowest BCUT2D eigenvalue weighted by atomic mass is 9.68. The number of hydrogen-bond acceptors (Lipinski definition) is 17. The van der Waals surface area contributed by atoms with E-state index in [9.17, 15) is 52.1 Å². The van der Waals surface area contributed by atoms with Crippen molar-refractivity contribution in [2.45, 2.75) is 208 Å². The maximum absolute atomic E-state index is 14.8. The van der Waals surface area contributed by atoms with Gasteiger partial charge in [-0.2, -0.15) is 13.2 Å². The Kier molecular flexibility index (Phi) is 21.5. The van der Waals surface area contributed by atoms with Crippen LogP contribution in [0.1, 0.15) is 118 Å². The molecule has 75 heavy (non-hydrogen) atoms. The summed E-state index contributed by atoms with van der Waals surface area (Å²) in [5.41, 5.74) is -8.77. The monoisotopic (exact) mass is 1100 g/mol. The Bertz CT molecular complexity index is 2160. The molecule has 0 spiro atoms. The van der Waals surface area contributed by atoms with Gasteiger partial charge in [-0.05, 0) is 104 Å². The first-order valence-electron chi connectivity index (χ1n) is 26.1. The summed E-state index contributed by atoms with van der Waals surface area (Å²) in [7, 11) is 3.22. The van der Waals surface area contributed by atoms with Crippen LogP contribution in [-0.4, -0.2) is 198 Å². The fraction of sp³-hybridized carbons (Fsp3) is 0.827. The van der Waals surface area contributed by atoms with Gasteiger partial charge in [-0.3, -0.25) is 4.79 Å². The van der Waals surface area contributed by atoms with E-state index in [2.05, 4.69) is 10.3 Å². The zero-order valence-electron chi connectivity index (χ0n) is 46.0. The SMILES string of the molecule is CC[C@H]1OC(=O)[C@H](C)C([C@H]2C[C@@](C)(OC)[C@@H](O)[C@H](C)O2)[C@H](C)[C@@H](O[C@@H]2O[C@H](C)C[C@H](N(C)CCc3cn([C@H](CF)[C@H](OC)c4ccc(S(=O)C(F)(F)F)cc4)nn3)[C@H]2O)[C@](C)(O)C[C@@H](C)CN(C)[C@H](C)[C@@H](O)[C@]1(C)O. The van der Waals surface area contributed by atoms with Crippen LogP contribution in [0.25, 0.3) is 0 Å². The molecule has 1 aromatic carbocycles. The number of ether oxygens (including phenoxy) is 6. The summed E-state index contributed by atoms with van der Waals surface area (Å²) < 4.78 is 105. The number of alkyl halides is 4. The average Bonchev–Trinajstić information content (AvgIpc) is 3.82. The number of benzene rings is 1. The van der Waals surface area contributed by atoms with Crippen molar-refractivity contribution in [1.82, 2.24) is 24.8 Å². The van der Waals surface area contributed by atoms with Crippen molar-refractivity contribution in [2.24, 2.45) is 23.7 Å². The molecule has 3 aliphatic rings. The molecule has 3 saturated heterocycles. The molecule has 3 fully saturated rings. The van der Waals surface area contributed by atoms with E-state index >= 15 is 0 Å². The van der Waals surface area contributed by atoms with Crippen molar-refractivity contribution >= 4 is 16.8 Å². The van der Waals surface area contributed by atoms with Crippen LogP contribution in [0, 0.1) is 23.7 Å². The Morgan fingerprint density at radius 2 is 1.63 bits per heavy atom. The number of carbonyl (C=O) groups excluding carboxylic acids is 1. The molecule has 2 unspecified atom stereocenters. The van der Waals surface area contributed by atoms with E-state index in [1.165, 1.54) is 38.0 Å². The normalized spacial score (nSPS) is 39.6. The van der Waals surface area contributed by atoms with Gasteiger partial charge in [0.25, 0.3) is 0 Å². The summed E-state index contributed by atoms with van der Waals surface area (Å²) in [5, 5.41) is 68.5. The minimum absolute atomic E-state index is 0.136. The van der Waals surface area contributed by atoms with Gasteiger partial charge >= 0.3 is 11.5 Å². The van der Waals surface area contributed by atoms with Gasteiger partial charge in [0.2, 0.25) is 0 Å². The highest BCUT2D eigenvalue weighted by molar-refractivity contribution is 7.86. The maximum atomic E-state index is 14.8. The Balaban J connectivity index is 1.44. The highest BCUT2D eigenvalue weighted by Gasteiger charge is 2.55. The van der Waals surface area contributed by atoms with Crippen molar-refractivity contribution in [3.8, 4) is 0 Å². The van der Waals surface area contributed by atoms with E-state index in [0.29, 0.717) is 37.2 Å². The van der Waals surface area contributed by atoms with Gasteiger partial charge < -0.3 is 63.8 Å². The second kappa shape index (κ2) is 25.6. The van der Waals surface area contributed by atoms with E-state index in [1.54, 1.807) is 47.7 Å². The van der Waals surface area contributed by atoms with Crippen LogP contribution >= 0.6 is 0 Å². The smallest absolute Gasteiger partial charge is 0.459 e. The van der Waals surface area contributed by atoms with Gasteiger partial charge in [-0.25, -0.2) is 13.3 Å². The van der Waals surface area contributed by atoms with Crippen LogP contribution in [-0.2, 0) is 50.4 Å². The highest BCUT2D eigenvalue weighted by Crippen LogP contribution is 2.45. The number of nitrogens with zero attached hydrogens (tertiary/aromatic N) is 5. The fourth-order valence-electron chi connectivity index (χ4n) is 12.0. The second-order valence-corrected chi connectivity index (χ2v) is 23.8. The molecule has 2 aromatic rings. The first kappa shape index (κ1) is 63.1. The largest absolute Gasteiger partial charge is 0.475 e. The van der Waals surface area contributed by atoms with Crippen LogP contribution in [0.15, 0.2) is 35.4 Å². The van der Waals surface area contributed by atoms with Crippen molar-refractivity contribution in [2.75, 3.05) is 48.1 Å². The van der Waals surface area contributed by atoms with Crippen molar-refractivity contribution in [3.63, 3.8) is 0 Å². The van der Waals surface area contributed by atoms with E-state index < -0.39 is 148 Å². The van der Waals surface area contributed by atoms with Gasteiger partial charge in [-0.15, -0.1) is 5.10 Å². The van der Waals surface area contributed by atoms with Crippen molar-refractivity contribution < 1.29 is 80.5 Å². The number of aromatic nitrogens is 3. The average molecular weight is 1100 g/mol. The second-order valence-electron chi connectivity index (χ2n) is 22.4. The molecule has 4 heterocycles. The number of likely N-dealkylation sites (N-methyl/N-ethyl adjacent to an activating group) is 2. The first-order chi connectivity index (χ1) is 34.9. The molecular weight excluding hydrogens is 1010 g/mol. The Morgan fingerprint density at radius 3 is 2.20 bits per heavy atom. The maximum Gasteiger partial charge on any atom is 0.475 e. The minimum atomic E-state index is -4.94. The number of esters is 1. The fourth-order valence-corrected chi connectivity index (χ4v) is 12.6. The molecule has 5 N–H and O–H groups in total. The summed E-state index contributed by atoms with van der Waals surface area (Å²) in [6.07, 6.45) is -7.47. The quantitative estimate of drug-likeness (QED) is 0.118. The number of aliphatic hydroxyl groups excluding tert-OH is 3. The molecular formula is C52H85F4N5O13S. The van der Waals surface area contributed by atoms with Crippen LogP contribution in [0.2, 0.25) is 0 Å². The van der Waals surface area contributed by atoms with E-state index in [0.717, 1.165) is 12.1 Å². The van der Waals surface area contributed by atoms with Gasteiger partial charge in [-0.1, -0.05) is 45.0 Å². The van der Waals surface area contributed by atoms with Crippen LogP contribution < -0.4 is 0 Å². The Hall–Kier alpha value is -2.78. The third-order valence-electron chi connectivity index (χ3n) is 16.5. The molecule has 0 radical (unpaired) electrons. The standard InChI is InChI=1S/C52H85F4N5O13S/c1-15-40-51(10,67)44(63)32(6)60(12)26-28(2)23-49(8,66)46(30(4)41(31(5)47(65)73-40)39-24-50(9,70-14)45(64)33(7)72-39)74-48-42(62)37(22-29(3)71-48)59(11)21-20-35-27-61(58-57-35)38(25-53)43(69-13)34-16-18-36(19-17-34)75(68)52(54,55)56/h16-19,27-33,37-46,48,62-64,66-67H,15,20-26H2,1-14H3/t28-,29-,30+,31-,32-,33+,37+,38-,39-,40-,41?,42-,43-,44-,45+,46-,48+,49-,50-,51-,75?/m1/s1. The van der Waals surface area contributed by atoms with E-state index in [1.807, 2.05) is 44.7 Å². The van der Waals surface area contributed by atoms with Crippen LogP contribution in [0.5, 0.6) is 0 Å². The third-order valence-corrected chi connectivity index (χ3v) is 17.6. The molecule has 1 aromatic heterocycles. The molecule has 21 atom stereocenters. The lowest BCUT2D eigenvalue weighted by molar-refractivity contribution is -0.302. The number of cyclic esters (lactones) is 1. The molecule has 430 valence electrons. The molecule has 18 nitrogen and oxygen atoms in total. The van der Waals surface area contributed by atoms with Crippen LogP contribution in [0.4, 0.5) is 17.6 Å².